The first kappa shape index (κ1) is 14.8. The van der Waals surface area contributed by atoms with E-state index in [0.717, 1.165) is 44.8 Å². The van der Waals surface area contributed by atoms with E-state index >= 15 is 0 Å². The molecule has 1 aliphatic carbocycles. The number of hydrogen-bond acceptors (Lipinski definition) is 3. The third-order valence-electron chi connectivity index (χ3n) is 4.69. The smallest absolute Gasteiger partial charge is 0.303 e. The zero-order chi connectivity index (χ0) is 13.7. The van der Waals surface area contributed by atoms with Gasteiger partial charge in [0.2, 0.25) is 0 Å². The maximum Gasteiger partial charge on any atom is 0.303 e. The van der Waals surface area contributed by atoms with Crippen LogP contribution in [0, 0.1) is 11.8 Å². The largest absolute Gasteiger partial charge is 0.481 e. The van der Waals surface area contributed by atoms with E-state index in [1.165, 1.54) is 25.7 Å². The summed E-state index contributed by atoms with van der Waals surface area (Å²) in [6.45, 7) is 2.76. The van der Waals surface area contributed by atoms with E-state index in [2.05, 4.69) is 4.90 Å². The molecule has 0 amide bonds. The minimum Gasteiger partial charge on any atom is -0.481 e. The summed E-state index contributed by atoms with van der Waals surface area (Å²) in [7, 11) is 0. The molecule has 19 heavy (non-hydrogen) atoms. The van der Waals surface area contributed by atoms with Crippen LogP contribution in [0.4, 0.5) is 0 Å². The number of carbonyl (C=O) groups is 1. The van der Waals surface area contributed by atoms with Crippen LogP contribution in [0.3, 0.4) is 0 Å². The van der Waals surface area contributed by atoms with Gasteiger partial charge in [-0.25, -0.2) is 0 Å². The van der Waals surface area contributed by atoms with Crippen molar-refractivity contribution in [3.8, 4) is 0 Å². The number of aliphatic hydroxyl groups is 1. The monoisotopic (exact) mass is 269 g/mol. The molecule has 1 aliphatic heterocycles. The molecule has 0 aromatic heterocycles. The van der Waals surface area contributed by atoms with Gasteiger partial charge < -0.3 is 15.1 Å². The van der Waals surface area contributed by atoms with Gasteiger partial charge in [-0.05, 0) is 37.6 Å². The van der Waals surface area contributed by atoms with E-state index in [1.54, 1.807) is 0 Å². The lowest BCUT2D eigenvalue weighted by Crippen LogP contribution is -2.31. The quantitative estimate of drug-likeness (QED) is 0.743. The average Bonchev–Trinajstić information content (AvgIpc) is 2.98. The molecule has 0 spiro atoms. The Morgan fingerprint density at radius 1 is 1.21 bits per heavy atom. The van der Waals surface area contributed by atoms with Crippen LogP contribution < -0.4 is 0 Å². The SMILES string of the molecule is O=C(O)CCC1CCN(CC(O)CC2CCCC2)C1. The van der Waals surface area contributed by atoms with Gasteiger partial charge in [-0.1, -0.05) is 25.7 Å². The third kappa shape index (κ3) is 5.11. The van der Waals surface area contributed by atoms with Gasteiger partial charge in [-0.3, -0.25) is 4.79 Å². The highest BCUT2D eigenvalue weighted by molar-refractivity contribution is 5.66. The van der Waals surface area contributed by atoms with Crippen molar-refractivity contribution >= 4 is 5.97 Å². The van der Waals surface area contributed by atoms with Gasteiger partial charge in [-0.2, -0.15) is 0 Å². The van der Waals surface area contributed by atoms with Crippen LogP contribution in [0.2, 0.25) is 0 Å². The molecule has 2 aliphatic rings. The van der Waals surface area contributed by atoms with E-state index in [1.807, 2.05) is 0 Å². The molecule has 2 fully saturated rings. The lowest BCUT2D eigenvalue weighted by molar-refractivity contribution is -0.137. The Bertz CT molecular complexity index is 289. The van der Waals surface area contributed by atoms with Crippen molar-refractivity contribution in [3.63, 3.8) is 0 Å². The van der Waals surface area contributed by atoms with Gasteiger partial charge in [0.05, 0.1) is 6.10 Å². The number of β-amino-alcohol motifs (C(OH)–C–C–N with tert-alkyl or cyclic N) is 1. The normalized spacial score (nSPS) is 26.9. The molecule has 2 rings (SSSR count). The fourth-order valence-electron chi connectivity index (χ4n) is 3.65. The lowest BCUT2D eigenvalue weighted by Gasteiger charge is -2.22. The standard InChI is InChI=1S/C15H27NO3/c17-14(9-12-3-1-2-4-12)11-16-8-7-13(10-16)5-6-15(18)19/h12-14,17H,1-11H2,(H,18,19). The van der Waals surface area contributed by atoms with Gasteiger partial charge in [0.15, 0.2) is 0 Å². The number of carboxylic acid groups (broad SMARTS) is 1. The molecule has 2 unspecified atom stereocenters. The molecule has 2 atom stereocenters. The van der Waals surface area contributed by atoms with Crippen molar-refractivity contribution in [2.24, 2.45) is 11.8 Å². The van der Waals surface area contributed by atoms with Gasteiger partial charge in [0, 0.05) is 19.5 Å². The minimum absolute atomic E-state index is 0.193. The predicted molar refractivity (Wildman–Crippen MR) is 74.0 cm³/mol. The van der Waals surface area contributed by atoms with Crippen molar-refractivity contribution < 1.29 is 15.0 Å². The van der Waals surface area contributed by atoms with E-state index in [0.29, 0.717) is 5.92 Å². The molecule has 4 nitrogen and oxygen atoms in total. The molecule has 0 radical (unpaired) electrons. The molecule has 2 N–H and O–H groups in total. The fraction of sp³-hybridized carbons (Fsp3) is 0.933. The fourth-order valence-corrected chi connectivity index (χ4v) is 3.65. The van der Waals surface area contributed by atoms with Crippen molar-refractivity contribution in [2.45, 2.75) is 57.5 Å². The Morgan fingerprint density at radius 2 is 1.95 bits per heavy atom. The maximum atomic E-state index is 10.6. The van der Waals surface area contributed by atoms with Crippen molar-refractivity contribution in [1.82, 2.24) is 4.90 Å². The maximum absolute atomic E-state index is 10.6. The summed E-state index contributed by atoms with van der Waals surface area (Å²) in [5, 5.41) is 18.8. The predicted octanol–water partition coefficient (Wildman–Crippen LogP) is 2.11. The van der Waals surface area contributed by atoms with Crippen LogP contribution in [-0.4, -0.2) is 46.8 Å². The van der Waals surface area contributed by atoms with Gasteiger partial charge in [0.1, 0.15) is 0 Å². The number of carboxylic acids is 1. The van der Waals surface area contributed by atoms with Crippen LogP contribution in [0.25, 0.3) is 0 Å². The Morgan fingerprint density at radius 3 is 2.63 bits per heavy atom. The van der Waals surface area contributed by atoms with Crippen molar-refractivity contribution in [2.75, 3.05) is 19.6 Å². The highest BCUT2D eigenvalue weighted by Crippen LogP contribution is 2.29. The summed E-state index contributed by atoms with van der Waals surface area (Å²) in [4.78, 5) is 12.9. The molecule has 0 bridgehead atoms. The van der Waals surface area contributed by atoms with E-state index < -0.39 is 5.97 Å². The molecule has 1 saturated heterocycles. The molecule has 1 heterocycles. The topological polar surface area (TPSA) is 60.8 Å². The van der Waals surface area contributed by atoms with Crippen molar-refractivity contribution in [1.29, 1.82) is 0 Å². The van der Waals surface area contributed by atoms with Crippen molar-refractivity contribution in [3.05, 3.63) is 0 Å². The molecule has 4 heteroatoms. The molecular weight excluding hydrogens is 242 g/mol. The second-order valence-corrected chi connectivity index (χ2v) is 6.39. The summed E-state index contributed by atoms with van der Waals surface area (Å²) in [5.74, 6) is 0.551. The van der Waals surface area contributed by atoms with E-state index in [9.17, 15) is 9.90 Å². The van der Waals surface area contributed by atoms with E-state index in [-0.39, 0.29) is 12.5 Å². The summed E-state index contributed by atoms with van der Waals surface area (Å²) in [6.07, 6.45) is 8.15. The highest BCUT2D eigenvalue weighted by atomic mass is 16.4. The number of likely N-dealkylation sites (tertiary alicyclic amines) is 1. The highest BCUT2D eigenvalue weighted by Gasteiger charge is 2.26. The Kier molecular flexibility index (Phi) is 5.64. The zero-order valence-electron chi connectivity index (χ0n) is 11.8. The summed E-state index contributed by atoms with van der Waals surface area (Å²) < 4.78 is 0. The summed E-state index contributed by atoms with van der Waals surface area (Å²) in [6, 6.07) is 0. The third-order valence-corrected chi connectivity index (χ3v) is 4.69. The molecule has 0 aromatic carbocycles. The lowest BCUT2D eigenvalue weighted by atomic mass is 10.00. The van der Waals surface area contributed by atoms with Crippen LogP contribution in [0.1, 0.15) is 51.4 Å². The van der Waals surface area contributed by atoms with Gasteiger partial charge in [0.25, 0.3) is 0 Å². The van der Waals surface area contributed by atoms with Gasteiger partial charge in [-0.15, -0.1) is 0 Å². The number of aliphatic hydroxyl groups excluding tert-OH is 1. The second-order valence-electron chi connectivity index (χ2n) is 6.39. The summed E-state index contributed by atoms with van der Waals surface area (Å²) >= 11 is 0. The van der Waals surface area contributed by atoms with E-state index in [4.69, 9.17) is 5.11 Å². The van der Waals surface area contributed by atoms with Crippen LogP contribution in [0.5, 0.6) is 0 Å². The Hall–Kier alpha value is -0.610. The first-order chi connectivity index (χ1) is 9.13. The molecule has 0 aromatic rings. The Balaban J connectivity index is 1.62. The van der Waals surface area contributed by atoms with Crippen LogP contribution in [-0.2, 0) is 4.79 Å². The number of aliphatic carboxylic acids is 1. The van der Waals surface area contributed by atoms with Gasteiger partial charge >= 0.3 is 5.97 Å². The zero-order valence-corrected chi connectivity index (χ0v) is 11.8. The first-order valence-corrected chi connectivity index (χ1v) is 7.75. The minimum atomic E-state index is -0.695. The molecule has 1 saturated carbocycles. The average molecular weight is 269 g/mol. The first-order valence-electron chi connectivity index (χ1n) is 7.75. The number of rotatable bonds is 7. The molecular formula is C15H27NO3. The second kappa shape index (κ2) is 7.25. The van der Waals surface area contributed by atoms with Crippen LogP contribution >= 0.6 is 0 Å². The summed E-state index contributed by atoms with van der Waals surface area (Å²) in [5.41, 5.74) is 0. The number of nitrogens with zero attached hydrogens (tertiary/aromatic N) is 1. The Labute approximate surface area is 115 Å². The van der Waals surface area contributed by atoms with Crippen LogP contribution in [0.15, 0.2) is 0 Å². The molecule has 110 valence electrons. The number of hydrogen-bond donors (Lipinski definition) is 2.